The number of nitrogens with zero attached hydrogens (tertiary/aromatic N) is 7. The van der Waals surface area contributed by atoms with Crippen LogP contribution in [0.5, 0.6) is 0 Å². The molecule has 0 saturated heterocycles. The van der Waals surface area contributed by atoms with E-state index in [1.54, 1.807) is 17.1 Å². The van der Waals surface area contributed by atoms with Gasteiger partial charge in [-0.05, 0) is 31.0 Å². The van der Waals surface area contributed by atoms with Gasteiger partial charge in [0.15, 0.2) is 5.65 Å². The van der Waals surface area contributed by atoms with E-state index in [1.807, 2.05) is 43.2 Å². The largest absolute Gasteiger partial charge is 0.309 e. The summed E-state index contributed by atoms with van der Waals surface area (Å²) in [5, 5.41) is 16.9. The van der Waals surface area contributed by atoms with Crippen LogP contribution in [0.2, 0.25) is 0 Å². The van der Waals surface area contributed by atoms with Gasteiger partial charge >= 0.3 is 0 Å². The molecule has 0 spiro atoms. The molecule has 1 saturated carbocycles. The Hall–Kier alpha value is -2.94. The van der Waals surface area contributed by atoms with Crippen LogP contribution in [0, 0.1) is 0 Å². The van der Waals surface area contributed by atoms with E-state index < -0.39 is 0 Å². The Bertz CT molecular complexity index is 1130. The Morgan fingerprint density at radius 2 is 2.03 bits per heavy atom. The number of hydrogen-bond acceptors (Lipinski definition) is 7. The Morgan fingerprint density at radius 3 is 2.86 bits per heavy atom. The van der Waals surface area contributed by atoms with E-state index in [-0.39, 0.29) is 0 Å². The predicted octanol–water partition coefficient (Wildman–Crippen LogP) is 3.84. The molecule has 8 nitrogen and oxygen atoms in total. The molecule has 0 radical (unpaired) electrons. The number of aryl methyl sites for hydroxylation is 1. The maximum atomic E-state index is 4.64. The highest BCUT2D eigenvalue weighted by Crippen LogP contribution is 2.31. The molecule has 0 unspecified atom stereocenters. The third-order valence-corrected chi connectivity index (χ3v) is 6.61. The van der Waals surface area contributed by atoms with E-state index in [2.05, 4.69) is 41.0 Å². The Balaban J connectivity index is 1.36. The fraction of sp³-hybridized carbons (Fsp3) is 0.350. The van der Waals surface area contributed by atoms with Crippen molar-refractivity contribution in [3.8, 4) is 11.3 Å². The second-order valence-corrected chi connectivity index (χ2v) is 8.50. The molecule has 4 aromatic heterocycles. The van der Waals surface area contributed by atoms with Crippen molar-refractivity contribution in [1.29, 1.82) is 0 Å². The number of rotatable bonds is 6. The van der Waals surface area contributed by atoms with E-state index in [1.165, 1.54) is 25.7 Å². The minimum atomic E-state index is 0.529. The summed E-state index contributed by atoms with van der Waals surface area (Å²) in [6.07, 6.45) is 10.9. The van der Waals surface area contributed by atoms with Crippen molar-refractivity contribution in [2.75, 3.05) is 5.32 Å². The van der Waals surface area contributed by atoms with Crippen molar-refractivity contribution in [2.24, 2.45) is 7.05 Å². The highest BCUT2D eigenvalue weighted by molar-refractivity contribution is 7.99. The maximum absolute atomic E-state index is 4.64. The van der Waals surface area contributed by atoms with E-state index in [0.29, 0.717) is 5.95 Å². The summed E-state index contributed by atoms with van der Waals surface area (Å²) in [5.74, 6) is 3.27. The number of anilines is 2. The van der Waals surface area contributed by atoms with Crippen molar-refractivity contribution >= 4 is 29.2 Å². The SMILES string of the molecule is Cn1nccc1Nc1nccc(-c2ccn3c(CSC4CCCC4)nnc3c2)n1. The zero-order valence-electron chi connectivity index (χ0n) is 16.2. The number of nitrogens with one attached hydrogen (secondary N) is 1. The van der Waals surface area contributed by atoms with Gasteiger partial charge in [0.2, 0.25) is 5.95 Å². The summed E-state index contributed by atoms with van der Waals surface area (Å²) in [5.41, 5.74) is 2.65. The number of aromatic nitrogens is 7. The second kappa shape index (κ2) is 7.82. The minimum absolute atomic E-state index is 0.529. The van der Waals surface area contributed by atoms with E-state index in [9.17, 15) is 0 Å². The van der Waals surface area contributed by atoms with Crippen LogP contribution >= 0.6 is 11.8 Å². The lowest BCUT2D eigenvalue weighted by Gasteiger charge is -2.08. The molecule has 1 fully saturated rings. The van der Waals surface area contributed by atoms with E-state index in [4.69, 9.17) is 0 Å². The van der Waals surface area contributed by atoms with Gasteiger partial charge in [-0.25, -0.2) is 9.97 Å². The van der Waals surface area contributed by atoms with E-state index >= 15 is 0 Å². The Kier molecular flexibility index (Phi) is 4.89. The lowest BCUT2D eigenvalue weighted by atomic mass is 10.2. The van der Waals surface area contributed by atoms with Crippen LogP contribution in [0.25, 0.3) is 16.9 Å². The highest BCUT2D eigenvalue weighted by Gasteiger charge is 2.17. The first-order valence-corrected chi connectivity index (χ1v) is 10.8. The molecule has 1 N–H and O–H groups in total. The minimum Gasteiger partial charge on any atom is -0.309 e. The van der Waals surface area contributed by atoms with Crippen molar-refractivity contribution < 1.29 is 0 Å². The molecule has 0 amide bonds. The van der Waals surface area contributed by atoms with Gasteiger partial charge < -0.3 is 5.32 Å². The zero-order chi connectivity index (χ0) is 19.6. The zero-order valence-corrected chi connectivity index (χ0v) is 17.0. The van der Waals surface area contributed by atoms with Gasteiger partial charge in [0.25, 0.3) is 0 Å². The number of hydrogen-bond donors (Lipinski definition) is 1. The van der Waals surface area contributed by atoms with Gasteiger partial charge in [-0.2, -0.15) is 16.9 Å². The van der Waals surface area contributed by atoms with Crippen molar-refractivity contribution in [1.82, 2.24) is 34.3 Å². The van der Waals surface area contributed by atoms with Crippen LogP contribution in [-0.4, -0.2) is 39.6 Å². The molecule has 0 aromatic carbocycles. The van der Waals surface area contributed by atoms with Gasteiger partial charge in [-0.3, -0.25) is 9.08 Å². The average molecular weight is 407 g/mol. The Labute approximate surface area is 172 Å². The van der Waals surface area contributed by atoms with Crippen LogP contribution in [0.15, 0.2) is 42.9 Å². The lowest BCUT2D eigenvalue weighted by molar-refractivity contribution is 0.775. The first kappa shape index (κ1) is 18.1. The predicted molar refractivity (Wildman–Crippen MR) is 114 cm³/mol. The molecular weight excluding hydrogens is 384 g/mol. The fourth-order valence-electron chi connectivity index (χ4n) is 3.64. The van der Waals surface area contributed by atoms with Crippen LogP contribution in [-0.2, 0) is 12.8 Å². The summed E-state index contributed by atoms with van der Waals surface area (Å²) in [7, 11) is 1.87. The summed E-state index contributed by atoms with van der Waals surface area (Å²) in [4.78, 5) is 8.95. The quantitative estimate of drug-likeness (QED) is 0.521. The highest BCUT2D eigenvalue weighted by atomic mass is 32.2. The molecule has 9 heteroatoms. The first-order valence-electron chi connectivity index (χ1n) is 9.80. The maximum Gasteiger partial charge on any atom is 0.228 e. The third-order valence-electron chi connectivity index (χ3n) is 5.24. The Morgan fingerprint density at radius 1 is 1.14 bits per heavy atom. The average Bonchev–Trinajstić information content (AvgIpc) is 3.48. The topological polar surface area (TPSA) is 85.8 Å². The molecule has 29 heavy (non-hydrogen) atoms. The summed E-state index contributed by atoms with van der Waals surface area (Å²) in [6, 6.07) is 7.85. The molecule has 4 aromatic rings. The first-order chi connectivity index (χ1) is 14.3. The van der Waals surface area contributed by atoms with Gasteiger partial charge in [-0.1, -0.05) is 12.8 Å². The molecule has 0 bridgehead atoms. The summed E-state index contributed by atoms with van der Waals surface area (Å²) < 4.78 is 3.81. The van der Waals surface area contributed by atoms with Gasteiger partial charge in [0.1, 0.15) is 11.6 Å². The van der Waals surface area contributed by atoms with Crippen molar-refractivity contribution in [3.05, 3.63) is 48.7 Å². The summed E-state index contributed by atoms with van der Waals surface area (Å²) >= 11 is 2.00. The van der Waals surface area contributed by atoms with Gasteiger partial charge in [0, 0.05) is 36.3 Å². The normalized spacial score (nSPS) is 14.7. The molecule has 4 heterocycles. The molecule has 0 aliphatic heterocycles. The van der Waals surface area contributed by atoms with Crippen LogP contribution in [0.4, 0.5) is 11.8 Å². The van der Waals surface area contributed by atoms with Crippen LogP contribution in [0.1, 0.15) is 31.5 Å². The second-order valence-electron chi connectivity index (χ2n) is 7.21. The molecule has 0 atom stereocenters. The number of fused-ring (bicyclic) bond motifs is 1. The van der Waals surface area contributed by atoms with Crippen molar-refractivity contribution in [2.45, 2.75) is 36.7 Å². The van der Waals surface area contributed by atoms with Crippen LogP contribution in [0.3, 0.4) is 0 Å². The monoisotopic (exact) mass is 406 g/mol. The standard InChI is InChI=1S/C20H22N8S/c1-27-17(7-10-22-27)24-20-21-9-6-16(23-20)14-8-11-28-18(12-14)25-26-19(28)13-29-15-4-2-3-5-15/h6-12,15H,2-5,13H2,1H3,(H,21,23,24). The molecule has 1 aliphatic carbocycles. The van der Waals surface area contributed by atoms with Crippen LogP contribution < -0.4 is 5.32 Å². The van der Waals surface area contributed by atoms with Crippen molar-refractivity contribution in [3.63, 3.8) is 0 Å². The lowest BCUT2D eigenvalue weighted by Crippen LogP contribution is -2.03. The fourth-order valence-corrected chi connectivity index (χ4v) is 4.88. The molecular formula is C20H22N8S. The van der Waals surface area contributed by atoms with Gasteiger partial charge in [0.05, 0.1) is 17.6 Å². The molecule has 1 aliphatic rings. The molecule has 5 rings (SSSR count). The third kappa shape index (κ3) is 3.82. The summed E-state index contributed by atoms with van der Waals surface area (Å²) in [6.45, 7) is 0. The number of thioether (sulfide) groups is 1. The molecule has 148 valence electrons. The van der Waals surface area contributed by atoms with Gasteiger partial charge in [-0.15, -0.1) is 10.2 Å². The smallest absolute Gasteiger partial charge is 0.228 e. The van der Waals surface area contributed by atoms with E-state index in [0.717, 1.165) is 39.5 Å². The number of pyridine rings is 1.